The van der Waals surface area contributed by atoms with Gasteiger partial charge in [-0.3, -0.25) is 0 Å². The summed E-state index contributed by atoms with van der Waals surface area (Å²) in [6.45, 7) is 4.16. The standard InChI is InChI=1S/C17H20FN5O/c1-12-8-20-16(21-9-12)23-6-4-17(11-23)7-13(10-24-17)22-15-14(18)3-2-5-19-15/h2-3,5,8-9,13H,4,6-7,10-11H2,1H3,(H,19,22)/t13-,17+/m1/s1. The first-order valence-corrected chi connectivity index (χ1v) is 8.18. The molecule has 0 aliphatic carbocycles. The Morgan fingerprint density at radius 1 is 1.33 bits per heavy atom. The molecule has 1 N–H and O–H groups in total. The first-order chi connectivity index (χ1) is 11.6. The number of nitrogens with zero attached hydrogens (tertiary/aromatic N) is 4. The molecule has 2 atom stereocenters. The van der Waals surface area contributed by atoms with Crippen molar-refractivity contribution >= 4 is 11.8 Å². The first kappa shape index (κ1) is 15.3. The fraction of sp³-hybridized carbons (Fsp3) is 0.471. The van der Waals surface area contributed by atoms with Crippen LogP contribution in [0.25, 0.3) is 0 Å². The third-order valence-electron chi connectivity index (χ3n) is 4.67. The summed E-state index contributed by atoms with van der Waals surface area (Å²) in [4.78, 5) is 15.0. The molecule has 6 nitrogen and oxygen atoms in total. The fourth-order valence-corrected chi connectivity index (χ4v) is 3.47. The summed E-state index contributed by atoms with van der Waals surface area (Å²) >= 11 is 0. The van der Waals surface area contributed by atoms with Gasteiger partial charge in [0.25, 0.3) is 0 Å². The molecule has 0 radical (unpaired) electrons. The summed E-state index contributed by atoms with van der Waals surface area (Å²) in [5, 5.41) is 3.16. The van der Waals surface area contributed by atoms with Crippen LogP contribution in [-0.2, 0) is 4.74 Å². The molecular weight excluding hydrogens is 309 g/mol. The number of nitrogens with one attached hydrogen (secondary N) is 1. The molecule has 2 aliphatic rings. The molecule has 0 bridgehead atoms. The molecule has 2 fully saturated rings. The van der Waals surface area contributed by atoms with Crippen molar-refractivity contribution in [1.29, 1.82) is 0 Å². The van der Waals surface area contributed by atoms with Crippen LogP contribution in [0, 0.1) is 12.7 Å². The Hall–Kier alpha value is -2.28. The van der Waals surface area contributed by atoms with Crippen molar-refractivity contribution in [3.8, 4) is 0 Å². The molecule has 2 saturated heterocycles. The highest BCUT2D eigenvalue weighted by Crippen LogP contribution is 2.37. The predicted octanol–water partition coefficient (Wildman–Crippen LogP) is 2.17. The lowest BCUT2D eigenvalue weighted by Crippen LogP contribution is -2.34. The molecule has 24 heavy (non-hydrogen) atoms. The van der Waals surface area contributed by atoms with E-state index in [1.165, 1.54) is 6.07 Å². The minimum Gasteiger partial charge on any atom is -0.371 e. The van der Waals surface area contributed by atoms with Crippen molar-refractivity contribution in [3.05, 3.63) is 42.1 Å². The van der Waals surface area contributed by atoms with Gasteiger partial charge in [-0.25, -0.2) is 19.3 Å². The number of ether oxygens (including phenoxy) is 1. The number of anilines is 2. The van der Waals surface area contributed by atoms with Gasteiger partial charge in [-0.1, -0.05) is 0 Å². The van der Waals surface area contributed by atoms with Crippen LogP contribution < -0.4 is 10.2 Å². The largest absolute Gasteiger partial charge is 0.371 e. The molecule has 0 saturated carbocycles. The van der Waals surface area contributed by atoms with E-state index in [-0.39, 0.29) is 17.5 Å². The van der Waals surface area contributed by atoms with E-state index in [1.54, 1.807) is 12.3 Å². The van der Waals surface area contributed by atoms with Crippen molar-refractivity contribution in [2.24, 2.45) is 0 Å². The Kier molecular flexibility index (Phi) is 3.80. The van der Waals surface area contributed by atoms with Gasteiger partial charge in [0, 0.05) is 31.6 Å². The Balaban J connectivity index is 1.41. The minimum atomic E-state index is -0.334. The topological polar surface area (TPSA) is 63.2 Å². The molecule has 126 valence electrons. The zero-order valence-corrected chi connectivity index (χ0v) is 13.6. The summed E-state index contributed by atoms with van der Waals surface area (Å²) in [5.74, 6) is 0.702. The van der Waals surface area contributed by atoms with Crippen LogP contribution in [0.5, 0.6) is 0 Å². The van der Waals surface area contributed by atoms with E-state index in [0.717, 1.165) is 37.4 Å². The van der Waals surface area contributed by atoms with Gasteiger partial charge in [-0.2, -0.15) is 0 Å². The van der Waals surface area contributed by atoms with Crippen LogP contribution in [0.1, 0.15) is 18.4 Å². The first-order valence-electron chi connectivity index (χ1n) is 8.18. The predicted molar refractivity (Wildman–Crippen MR) is 88.5 cm³/mol. The van der Waals surface area contributed by atoms with Crippen molar-refractivity contribution in [3.63, 3.8) is 0 Å². The average Bonchev–Trinajstić information content (AvgIpc) is 3.18. The second-order valence-corrected chi connectivity index (χ2v) is 6.61. The number of hydrogen-bond acceptors (Lipinski definition) is 6. The lowest BCUT2D eigenvalue weighted by atomic mass is 9.97. The average molecular weight is 329 g/mol. The molecule has 2 aliphatic heterocycles. The van der Waals surface area contributed by atoms with Gasteiger partial charge >= 0.3 is 0 Å². The van der Waals surface area contributed by atoms with E-state index in [1.807, 2.05) is 19.3 Å². The number of halogens is 1. The third kappa shape index (κ3) is 2.91. The molecule has 0 amide bonds. The maximum absolute atomic E-state index is 13.7. The van der Waals surface area contributed by atoms with E-state index >= 15 is 0 Å². The molecule has 1 spiro atoms. The van der Waals surface area contributed by atoms with E-state index in [2.05, 4.69) is 25.2 Å². The Labute approximate surface area is 140 Å². The highest BCUT2D eigenvalue weighted by Gasteiger charge is 2.46. The van der Waals surface area contributed by atoms with Gasteiger partial charge in [-0.05, 0) is 31.0 Å². The van der Waals surface area contributed by atoms with Crippen molar-refractivity contribution in [1.82, 2.24) is 15.0 Å². The van der Waals surface area contributed by atoms with E-state index in [9.17, 15) is 4.39 Å². The third-order valence-corrected chi connectivity index (χ3v) is 4.67. The van der Waals surface area contributed by atoms with Gasteiger partial charge < -0.3 is 15.0 Å². The second-order valence-electron chi connectivity index (χ2n) is 6.61. The molecule has 2 aromatic rings. The molecule has 7 heteroatoms. The van der Waals surface area contributed by atoms with E-state index < -0.39 is 0 Å². The van der Waals surface area contributed by atoms with E-state index in [4.69, 9.17) is 4.74 Å². The minimum absolute atomic E-state index is 0.0632. The van der Waals surface area contributed by atoms with Gasteiger partial charge in [0.2, 0.25) is 5.95 Å². The van der Waals surface area contributed by atoms with Gasteiger partial charge in [0.1, 0.15) is 0 Å². The molecule has 0 aromatic carbocycles. The SMILES string of the molecule is Cc1cnc(N2CC[C@]3(C[C@@H](Nc4ncccc4F)CO3)C2)nc1. The molecule has 0 unspecified atom stereocenters. The van der Waals surface area contributed by atoms with Crippen LogP contribution >= 0.6 is 0 Å². The fourth-order valence-electron chi connectivity index (χ4n) is 3.47. The Morgan fingerprint density at radius 2 is 2.17 bits per heavy atom. The maximum atomic E-state index is 13.7. The number of aryl methyl sites for hydroxylation is 1. The second kappa shape index (κ2) is 5.98. The smallest absolute Gasteiger partial charge is 0.225 e. The Morgan fingerprint density at radius 3 is 2.96 bits per heavy atom. The van der Waals surface area contributed by atoms with Crippen LogP contribution in [0.2, 0.25) is 0 Å². The molecular formula is C17H20FN5O. The zero-order valence-electron chi connectivity index (χ0n) is 13.6. The van der Waals surface area contributed by atoms with Crippen LogP contribution in [0.15, 0.2) is 30.7 Å². The van der Waals surface area contributed by atoms with Crippen molar-refractivity contribution in [2.75, 3.05) is 29.9 Å². The quantitative estimate of drug-likeness (QED) is 0.931. The van der Waals surface area contributed by atoms with Crippen LogP contribution in [-0.4, -0.2) is 46.3 Å². The lowest BCUT2D eigenvalue weighted by Gasteiger charge is -2.23. The summed E-state index contributed by atoms with van der Waals surface area (Å²) in [5.41, 5.74) is 0.836. The molecule has 4 rings (SSSR count). The summed E-state index contributed by atoms with van der Waals surface area (Å²) < 4.78 is 19.8. The number of pyridine rings is 1. The zero-order chi connectivity index (χ0) is 16.6. The number of hydrogen-bond donors (Lipinski definition) is 1. The lowest BCUT2D eigenvalue weighted by molar-refractivity contribution is 0.0228. The number of rotatable bonds is 3. The highest BCUT2D eigenvalue weighted by atomic mass is 19.1. The summed E-state index contributed by atoms with van der Waals surface area (Å²) in [6.07, 6.45) is 7.00. The highest BCUT2D eigenvalue weighted by molar-refractivity contribution is 5.38. The van der Waals surface area contributed by atoms with Gasteiger partial charge in [0.15, 0.2) is 11.6 Å². The van der Waals surface area contributed by atoms with Crippen LogP contribution in [0.4, 0.5) is 16.2 Å². The number of aromatic nitrogens is 3. The Bertz CT molecular complexity index is 725. The molecule has 2 aromatic heterocycles. The van der Waals surface area contributed by atoms with Gasteiger partial charge in [-0.15, -0.1) is 0 Å². The van der Waals surface area contributed by atoms with Crippen LogP contribution in [0.3, 0.4) is 0 Å². The van der Waals surface area contributed by atoms with E-state index in [0.29, 0.717) is 12.4 Å². The summed E-state index contributed by atoms with van der Waals surface area (Å²) in [7, 11) is 0. The summed E-state index contributed by atoms with van der Waals surface area (Å²) in [6, 6.07) is 3.06. The van der Waals surface area contributed by atoms with Crippen molar-refractivity contribution in [2.45, 2.75) is 31.4 Å². The maximum Gasteiger partial charge on any atom is 0.225 e. The molecule has 4 heterocycles. The monoisotopic (exact) mass is 329 g/mol. The normalized spacial score (nSPS) is 26.2. The van der Waals surface area contributed by atoms with Crippen molar-refractivity contribution < 1.29 is 9.13 Å². The van der Waals surface area contributed by atoms with Gasteiger partial charge in [0.05, 0.1) is 24.8 Å².